The van der Waals surface area contributed by atoms with E-state index in [4.69, 9.17) is 19.3 Å². The van der Waals surface area contributed by atoms with E-state index in [9.17, 15) is 9.36 Å². The van der Waals surface area contributed by atoms with E-state index in [1.54, 1.807) is 0 Å². The third kappa shape index (κ3) is 41.3. The van der Waals surface area contributed by atoms with Crippen LogP contribution in [0.5, 0.6) is 0 Å². The predicted molar refractivity (Wildman–Crippen MR) is 207 cm³/mol. The van der Waals surface area contributed by atoms with Crippen LogP contribution < -0.4 is 0 Å². The molecule has 0 bridgehead atoms. The number of rotatable bonds is 39. The fourth-order valence-corrected chi connectivity index (χ4v) is 6.30. The molecule has 49 heavy (non-hydrogen) atoms. The number of hydrogen-bond donors (Lipinski definition) is 2. The van der Waals surface area contributed by atoms with Gasteiger partial charge in [-0.3, -0.25) is 9.32 Å². The average Bonchev–Trinajstić information content (AvgIpc) is 3.07. The Balaban J connectivity index is 3.79. The van der Waals surface area contributed by atoms with Crippen LogP contribution in [-0.4, -0.2) is 41.7 Å². The smallest absolute Gasteiger partial charge is 0.457 e. The molecule has 0 heterocycles. The van der Waals surface area contributed by atoms with Crippen LogP contribution in [0.15, 0.2) is 24.3 Å². The summed E-state index contributed by atoms with van der Waals surface area (Å²) in [7, 11) is -4.65. The Kier molecular flexibility index (Phi) is 37.5. The summed E-state index contributed by atoms with van der Waals surface area (Å²) in [5, 5.41) is 0. The van der Waals surface area contributed by atoms with E-state index >= 15 is 0 Å². The lowest BCUT2D eigenvalue weighted by Gasteiger charge is -2.18. The summed E-state index contributed by atoms with van der Waals surface area (Å²) < 4.78 is 27.0. The van der Waals surface area contributed by atoms with Crippen molar-refractivity contribution < 1.29 is 33.1 Å². The summed E-state index contributed by atoms with van der Waals surface area (Å²) in [4.78, 5) is 30.6. The van der Waals surface area contributed by atoms with E-state index in [2.05, 4.69) is 42.7 Å². The monoisotopic (exact) mass is 715 g/mol. The summed E-state index contributed by atoms with van der Waals surface area (Å²) in [5.41, 5.74) is 0. The van der Waals surface area contributed by atoms with Crippen LogP contribution in [0.3, 0.4) is 0 Å². The lowest BCUT2D eigenvalue weighted by molar-refractivity contribution is -0.154. The molecule has 0 saturated carbocycles. The van der Waals surface area contributed by atoms with Gasteiger partial charge in [0, 0.05) is 13.0 Å². The summed E-state index contributed by atoms with van der Waals surface area (Å²) in [6.07, 6.45) is 44.6. The molecule has 0 amide bonds. The molecule has 0 aliphatic heterocycles. The van der Waals surface area contributed by atoms with Gasteiger partial charge in [0.2, 0.25) is 0 Å². The Morgan fingerprint density at radius 2 is 0.959 bits per heavy atom. The Hall–Kier alpha value is -0.980. The van der Waals surface area contributed by atoms with Gasteiger partial charge in [0.15, 0.2) is 0 Å². The van der Waals surface area contributed by atoms with Crippen molar-refractivity contribution in [2.24, 2.45) is 0 Å². The minimum Gasteiger partial charge on any atom is -0.457 e. The van der Waals surface area contributed by atoms with E-state index in [1.807, 2.05) is 0 Å². The lowest BCUT2D eigenvalue weighted by atomic mass is 10.0. The first-order chi connectivity index (χ1) is 23.9. The number of esters is 1. The van der Waals surface area contributed by atoms with Crippen molar-refractivity contribution in [3.05, 3.63) is 24.3 Å². The third-order valence-corrected chi connectivity index (χ3v) is 9.49. The molecule has 0 spiro atoms. The van der Waals surface area contributed by atoms with Crippen LogP contribution in [0.25, 0.3) is 0 Å². The molecule has 8 heteroatoms. The number of carbonyl (C=O) groups excluding carboxylic acids is 1. The highest BCUT2D eigenvalue weighted by atomic mass is 31.2. The normalized spacial score (nSPS) is 12.8. The highest BCUT2D eigenvalue weighted by Crippen LogP contribution is 2.36. The summed E-state index contributed by atoms with van der Waals surface area (Å²) in [5.74, 6) is -0.373. The molecule has 0 rings (SSSR count). The number of phosphoric ester groups is 1. The highest BCUT2D eigenvalue weighted by molar-refractivity contribution is 7.46. The van der Waals surface area contributed by atoms with Gasteiger partial charge in [-0.2, -0.15) is 0 Å². The zero-order valence-electron chi connectivity index (χ0n) is 32.1. The van der Waals surface area contributed by atoms with Gasteiger partial charge < -0.3 is 19.3 Å². The maximum absolute atomic E-state index is 12.4. The van der Waals surface area contributed by atoms with Crippen LogP contribution in [0.1, 0.15) is 206 Å². The molecule has 0 aliphatic carbocycles. The van der Waals surface area contributed by atoms with Crippen molar-refractivity contribution >= 4 is 13.8 Å². The minimum absolute atomic E-state index is 0.0763. The van der Waals surface area contributed by atoms with Crippen LogP contribution in [0.4, 0.5) is 0 Å². The fourth-order valence-electron chi connectivity index (χ4n) is 5.94. The Morgan fingerprint density at radius 1 is 0.551 bits per heavy atom. The van der Waals surface area contributed by atoms with Crippen molar-refractivity contribution in [1.82, 2.24) is 0 Å². The lowest BCUT2D eigenvalue weighted by Crippen LogP contribution is -2.28. The molecule has 0 radical (unpaired) electrons. The van der Waals surface area contributed by atoms with Crippen molar-refractivity contribution in [2.45, 2.75) is 213 Å². The Morgan fingerprint density at radius 3 is 1.45 bits per heavy atom. The minimum atomic E-state index is -4.65. The third-order valence-electron chi connectivity index (χ3n) is 9.00. The second kappa shape index (κ2) is 38.3. The second-order valence-electron chi connectivity index (χ2n) is 14.0. The van der Waals surface area contributed by atoms with Gasteiger partial charge in [-0.05, 0) is 44.9 Å². The predicted octanol–water partition coefficient (Wildman–Crippen LogP) is 12.9. The Bertz CT molecular complexity index is 795. The number of carbonyl (C=O) groups is 1. The molecule has 7 nitrogen and oxygen atoms in total. The van der Waals surface area contributed by atoms with E-state index in [1.165, 1.54) is 128 Å². The van der Waals surface area contributed by atoms with E-state index in [-0.39, 0.29) is 25.6 Å². The number of phosphoric acid groups is 1. The maximum atomic E-state index is 12.4. The molecule has 0 saturated heterocycles. The molecule has 290 valence electrons. The summed E-state index contributed by atoms with van der Waals surface area (Å²) >= 11 is 0. The molecule has 2 N–H and O–H groups in total. The van der Waals surface area contributed by atoms with Gasteiger partial charge in [-0.1, -0.05) is 179 Å². The van der Waals surface area contributed by atoms with Crippen LogP contribution >= 0.6 is 7.82 Å². The van der Waals surface area contributed by atoms with Gasteiger partial charge in [0.25, 0.3) is 0 Å². The zero-order chi connectivity index (χ0) is 35.9. The molecule has 0 aromatic carbocycles. The maximum Gasteiger partial charge on any atom is 0.469 e. The van der Waals surface area contributed by atoms with Crippen molar-refractivity contribution in [3.63, 3.8) is 0 Å². The first-order valence-corrected chi connectivity index (χ1v) is 22.2. The quantitative estimate of drug-likeness (QED) is 0.0283. The highest BCUT2D eigenvalue weighted by Gasteiger charge is 2.21. The molecule has 0 unspecified atom stereocenters. The van der Waals surface area contributed by atoms with Gasteiger partial charge >= 0.3 is 13.8 Å². The van der Waals surface area contributed by atoms with Crippen LogP contribution in [-0.2, 0) is 23.4 Å². The van der Waals surface area contributed by atoms with Gasteiger partial charge in [-0.15, -0.1) is 0 Å². The molecular weight excluding hydrogens is 635 g/mol. The van der Waals surface area contributed by atoms with E-state index < -0.39 is 13.9 Å². The molecule has 0 aliphatic rings. The molecule has 0 fully saturated rings. The van der Waals surface area contributed by atoms with Crippen molar-refractivity contribution in [3.8, 4) is 0 Å². The molecule has 1 atom stereocenters. The number of unbranched alkanes of at least 4 members (excludes halogenated alkanes) is 25. The van der Waals surface area contributed by atoms with Crippen molar-refractivity contribution in [2.75, 3.05) is 19.8 Å². The van der Waals surface area contributed by atoms with Gasteiger partial charge in [0.05, 0.1) is 13.2 Å². The van der Waals surface area contributed by atoms with Crippen LogP contribution in [0.2, 0.25) is 0 Å². The number of allylic oxidation sites excluding steroid dienone is 4. The second-order valence-corrected chi connectivity index (χ2v) is 15.2. The largest absolute Gasteiger partial charge is 0.469 e. The van der Waals surface area contributed by atoms with E-state index in [0.29, 0.717) is 6.61 Å². The number of ether oxygens (including phenoxy) is 2. The van der Waals surface area contributed by atoms with Crippen molar-refractivity contribution in [1.29, 1.82) is 0 Å². The van der Waals surface area contributed by atoms with Crippen LogP contribution in [0, 0.1) is 0 Å². The Labute approximate surface area is 303 Å². The summed E-state index contributed by atoms with van der Waals surface area (Å²) in [6.45, 7) is 4.74. The zero-order valence-corrected chi connectivity index (χ0v) is 33.0. The molecule has 0 aromatic heterocycles. The molecular formula is C41H79O7P. The fraction of sp³-hybridized carbons (Fsp3) is 0.878. The SMILES string of the molecule is CCCCC/C=C\C/C=C\CCCCCCCC(=O)O[C@H](COCCCCCCCCCCCCCCCCCCCC)COP(=O)(O)O. The van der Waals surface area contributed by atoms with Gasteiger partial charge in [0.1, 0.15) is 6.10 Å². The first kappa shape index (κ1) is 48.0. The first-order valence-electron chi connectivity index (χ1n) is 20.7. The van der Waals surface area contributed by atoms with E-state index in [0.717, 1.165) is 57.8 Å². The average molecular weight is 715 g/mol. The number of hydrogen-bond acceptors (Lipinski definition) is 5. The topological polar surface area (TPSA) is 102 Å². The van der Waals surface area contributed by atoms with Gasteiger partial charge in [-0.25, -0.2) is 4.57 Å². The summed E-state index contributed by atoms with van der Waals surface area (Å²) in [6, 6.07) is 0. The molecule has 0 aromatic rings. The standard InChI is InChI=1S/C41H79O7P/c1-3-5-7-9-11-13-15-17-19-20-21-23-25-27-29-31-33-35-37-46-38-40(39-47-49(43,44)45)48-41(42)36-34-32-30-28-26-24-22-18-16-14-12-10-8-6-4-2/h12,14,18,22,40H,3-11,13,15-17,19-21,23-39H2,1-2H3,(H2,43,44,45)/b14-12-,22-18-/t40-/m1/s1.